The van der Waals surface area contributed by atoms with E-state index in [0.717, 1.165) is 15.6 Å². The highest BCUT2D eigenvalue weighted by molar-refractivity contribution is 9.10. The van der Waals surface area contributed by atoms with Gasteiger partial charge in [0, 0.05) is 4.47 Å². The van der Waals surface area contributed by atoms with Crippen LogP contribution in [0.1, 0.15) is 30.6 Å². The molecule has 80 valence electrons. The Labute approximate surface area is 98.7 Å². The molecule has 0 amide bonds. The van der Waals surface area contributed by atoms with E-state index in [1.807, 2.05) is 32.0 Å². The van der Waals surface area contributed by atoms with Crippen molar-refractivity contribution < 1.29 is 5.11 Å². The van der Waals surface area contributed by atoms with Crippen LogP contribution in [0.25, 0.3) is 0 Å². The van der Waals surface area contributed by atoms with Gasteiger partial charge in [-0.05, 0) is 30.5 Å². The van der Waals surface area contributed by atoms with Gasteiger partial charge in [-0.15, -0.1) is 0 Å². The minimum absolute atomic E-state index is 0.344. The Morgan fingerprint density at radius 1 is 1.53 bits per heavy atom. The standard InChI is InChI=1S/C12H14BrNO/c1-3-9(7-14)12(15)10-5-4-8(2)6-11(10)13/h4-6,9,12,15H,3H2,1-2H3. The van der Waals surface area contributed by atoms with Crippen molar-refractivity contribution >= 4 is 15.9 Å². The first kappa shape index (κ1) is 12.2. The third-order valence-electron chi connectivity index (χ3n) is 2.46. The second kappa shape index (κ2) is 5.29. The smallest absolute Gasteiger partial charge is 0.0958 e. The quantitative estimate of drug-likeness (QED) is 0.913. The molecule has 3 heteroatoms. The van der Waals surface area contributed by atoms with Crippen LogP contribution in [-0.2, 0) is 0 Å². The maximum atomic E-state index is 10.00. The molecule has 0 saturated carbocycles. The van der Waals surface area contributed by atoms with Crippen LogP contribution in [0.3, 0.4) is 0 Å². The zero-order valence-electron chi connectivity index (χ0n) is 8.87. The van der Waals surface area contributed by atoms with Gasteiger partial charge < -0.3 is 5.11 Å². The molecule has 2 nitrogen and oxygen atoms in total. The molecule has 0 aliphatic rings. The molecule has 0 heterocycles. The van der Waals surface area contributed by atoms with Crippen molar-refractivity contribution in [3.8, 4) is 6.07 Å². The molecular formula is C12H14BrNO. The summed E-state index contributed by atoms with van der Waals surface area (Å²) in [6, 6.07) is 7.87. The highest BCUT2D eigenvalue weighted by atomic mass is 79.9. The van der Waals surface area contributed by atoms with Gasteiger partial charge in [-0.3, -0.25) is 0 Å². The topological polar surface area (TPSA) is 44.0 Å². The SMILES string of the molecule is CCC(C#N)C(O)c1ccc(C)cc1Br. The van der Waals surface area contributed by atoms with Gasteiger partial charge in [0.2, 0.25) is 0 Å². The molecule has 0 radical (unpaired) electrons. The first-order chi connectivity index (χ1) is 7.10. The van der Waals surface area contributed by atoms with Crippen molar-refractivity contribution in [2.24, 2.45) is 5.92 Å². The summed E-state index contributed by atoms with van der Waals surface area (Å²) in [7, 11) is 0. The number of halogens is 1. The van der Waals surface area contributed by atoms with E-state index in [0.29, 0.717) is 6.42 Å². The van der Waals surface area contributed by atoms with E-state index in [9.17, 15) is 5.11 Å². The minimum Gasteiger partial charge on any atom is -0.387 e. The van der Waals surface area contributed by atoms with Gasteiger partial charge in [0.25, 0.3) is 0 Å². The molecule has 1 aromatic carbocycles. The molecular weight excluding hydrogens is 254 g/mol. The molecule has 15 heavy (non-hydrogen) atoms. The van der Waals surface area contributed by atoms with Crippen LogP contribution in [0, 0.1) is 24.2 Å². The molecule has 1 rings (SSSR count). The Kier molecular flexibility index (Phi) is 4.31. The number of nitrogens with zero attached hydrogens (tertiary/aromatic N) is 1. The van der Waals surface area contributed by atoms with Gasteiger partial charge in [0.05, 0.1) is 18.1 Å². The van der Waals surface area contributed by atoms with Crippen molar-refractivity contribution in [1.82, 2.24) is 0 Å². The fourth-order valence-electron chi connectivity index (χ4n) is 1.47. The molecule has 0 aliphatic heterocycles. The van der Waals surface area contributed by atoms with Crippen LogP contribution in [-0.4, -0.2) is 5.11 Å². The fraction of sp³-hybridized carbons (Fsp3) is 0.417. The van der Waals surface area contributed by atoms with E-state index in [4.69, 9.17) is 5.26 Å². The van der Waals surface area contributed by atoms with E-state index < -0.39 is 6.10 Å². The minimum atomic E-state index is -0.713. The summed E-state index contributed by atoms with van der Waals surface area (Å²) < 4.78 is 0.865. The Bertz CT molecular complexity index is 384. The number of hydrogen-bond donors (Lipinski definition) is 1. The Morgan fingerprint density at radius 2 is 2.20 bits per heavy atom. The van der Waals surface area contributed by atoms with Gasteiger partial charge in [-0.25, -0.2) is 0 Å². The monoisotopic (exact) mass is 267 g/mol. The van der Waals surface area contributed by atoms with Crippen molar-refractivity contribution in [2.75, 3.05) is 0 Å². The predicted octanol–water partition coefficient (Wildman–Crippen LogP) is 3.34. The summed E-state index contributed by atoms with van der Waals surface area (Å²) in [6.07, 6.45) is -0.0622. The number of aryl methyl sites for hydroxylation is 1. The van der Waals surface area contributed by atoms with Crippen molar-refractivity contribution in [1.29, 1.82) is 5.26 Å². The average molecular weight is 268 g/mol. The summed E-state index contributed by atoms with van der Waals surface area (Å²) in [5.74, 6) is -0.344. The lowest BCUT2D eigenvalue weighted by Crippen LogP contribution is -2.10. The normalized spacial score (nSPS) is 14.3. The first-order valence-electron chi connectivity index (χ1n) is 4.93. The third-order valence-corrected chi connectivity index (χ3v) is 3.15. The average Bonchev–Trinajstić information content (AvgIpc) is 2.19. The number of aliphatic hydroxyl groups is 1. The number of aliphatic hydroxyl groups excluding tert-OH is 1. The van der Waals surface area contributed by atoms with E-state index in [2.05, 4.69) is 22.0 Å². The van der Waals surface area contributed by atoms with Gasteiger partial charge >= 0.3 is 0 Å². The van der Waals surface area contributed by atoms with Crippen LogP contribution in [0.4, 0.5) is 0 Å². The Balaban J connectivity index is 3.01. The van der Waals surface area contributed by atoms with Crippen LogP contribution in [0.2, 0.25) is 0 Å². The summed E-state index contributed by atoms with van der Waals surface area (Å²) in [6.45, 7) is 3.89. The Morgan fingerprint density at radius 3 is 2.67 bits per heavy atom. The van der Waals surface area contributed by atoms with Crippen LogP contribution in [0.15, 0.2) is 22.7 Å². The van der Waals surface area contributed by atoms with Gasteiger partial charge in [0.15, 0.2) is 0 Å². The predicted molar refractivity (Wildman–Crippen MR) is 63.2 cm³/mol. The molecule has 0 spiro atoms. The molecule has 0 aliphatic carbocycles. The maximum absolute atomic E-state index is 10.00. The molecule has 0 aromatic heterocycles. The highest BCUT2D eigenvalue weighted by Gasteiger charge is 2.20. The second-order valence-electron chi connectivity index (χ2n) is 3.61. The molecule has 2 unspecified atom stereocenters. The Hall–Kier alpha value is -0.850. The molecule has 1 aromatic rings. The fourth-order valence-corrected chi connectivity index (χ4v) is 2.20. The van der Waals surface area contributed by atoms with E-state index in [1.54, 1.807) is 0 Å². The number of hydrogen-bond acceptors (Lipinski definition) is 2. The van der Waals surface area contributed by atoms with Crippen molar-refractivity contribution in [2.45, 2.75) is 26.4 Å². The lowest BCUT2D eigenvalue weighted by atomic mass is 9.94. The summed E-state index contributed by atoms with van der Waals surface area (Å²) >= 11 is 3.40. The van der Waals surface area contributed by atoms with Crippen LogP contribution < -0.4 is 0 Å². The molecule has 2 atom stereocenters. The molecule has 0 saturated heterocycles. The van der Waals surface area contributed by atoms with Gasteiger partial charge in [0.1, 0.15) is 0 Å². The largest absolute Gasteiger partial charge is 0.387 e. The van der Waals surface area contributed by atoms with E-state index in [-0.39, 0.29) is 5.92 Å². The summed E-state index contributed by atoms with van der Waals surface area (Å²) in [4.78, 5) is 0. The number of nitriles is 1. The zero-order chi connectivity index (χ0) is 11.4. The van der Waals surface area contributed by atoms with Crippen LogP contribution >= 0.6 is 15.9 Å². The number of benzene rings is 1. The summed E-state index contributed by atoms with van der Waals surface area (Å²) in [5.41, 5.74) is 1.91. The molecule has 0 fully saturated rings. The van der Waals surface area contributed by atoms with Crippen LogP contribution in [0.5, 0.6) is 0 Å². The number of rotatable bonds is 3. The van der Waals surface area contributed by atoms with Gasteiger partial charge in [-0.1, -0.05) is 35.0 Å². The first-order valence-corrected chi connectivity index (χ1v) is 5.73. The zero-order valence-corrected chi connectivity index (χ0v) is 10.5. The summed E-state index contributed by atoms with van der Waals surface area (Å²) in [5, 5.41) is 18.9. The molecule has 1 N–H and O–H groups in total. The maximum Gasteiger partial charge on any atom is 0.0958 e. The molecule has 0 bridgehead atoms. The van der Waals surface area contributed by atoms with Crippen molar-refractivity contribution in [3.05, 3.63) is 33.8 Å². The van der Waals surface area contributed by atoms with E-state index in [1.165, 1.54) is 0 Å². The highest BCUT2D eigenvalue weighted by Crippen LogP contribution is 2.30. The lowest BCUT2D eigenvalue weighted by Gasteiger charge is -2.17. The van der Waals surface area contributed by atoms with Crippen molar-refractivity contribution in [3.63, 3.8) is 0 Å². The third kappa shape index (κ3) is 2.80. The second-order valence-corrected chi connectivity index (χ2v) is 4.47. The van der Waals surface area contributed by atoms with Gasteiger partial charge in [-0.2, -0.15) is 5.26 Å². The lowest BCUT2D eigenvalue weighted by molar-refractivity contribution is 0.132. The van der Waals surface area contributed by atoms with E-state index >= 15 is 0 Å².